The summed E-state index contributed by atoms with van der Waals surface area (Å²) in [6.45, 7) is 3.09. The molecular weight excluding hydrogens is 232 g/mol. The van der Waals surface area contributed by atoms with Gasteiger partial charge in [0.05, 0.1) is 6.10 Å². The Balaban J connectivity index is 1.71. The molecule has 5 heteroatoms. The van der Waals surface area contributed by atoms with E-state index < -0.39 is 12.1 Å². The molecule has 0 radical (unpaired) electrons. The Bertz CT molecular complexity index is 288. The fourth-order valence-corrected chi connectivity index (χ4v) is 2.93. The number of rotatable bonds is 4. The highest BCUT2D eigenvalue weighted by Gasteiger charge is 2.32. The predicted octanol–water partition coefficient (Wildman–Crippen LogP) is 0.645. The lowest BCUT2D eigenvalue weighted by atomic mass is 10.0. The second-order valence-corrected chi connectivity index (χ2v) is 5.66. The number of hydrogen-bond donors (Lipinski definition) is 1. The van der Waals surface area contributed by atoms with Crippen LogP contribution in [0.1, 0.15) is 25.7 Å². The fourth-order valence-electron chi connectivity index (χ4n) is 2.93. The number of carboxylic acid groups (broad SMARTS) is 1. The van der Waals surface area contributed by atoms with Crippen LogP contribution in [-0.4, -0.2) is 72.9 Å². The van der Waals surface area contributed by atoms with Gasteiger partial charge in [-0.25, -0.2) is 4.79 Å². The predicted molar refractivity (Wildman–Crippen MR) is 68.7 cm³/mol. The molecule has 0 saturated carbocycles. The Labute approximate surface area is 109 Å². The van der Waals surface area contributed by atoms with Crippen LogP contribution in [0.5, 0.6) is 0 Å². The zero-order valence-electron chi connectivity index (χ0n) is 11.3. The molecule has 0 bridgehead atoms. The van der Waals surface area contributed by atoms with Crippen molar-refractivity contribution in [2.45, 2.75) is 43.9 Å². The summed E-state index contributed by atoms with van der Waals surface area (Å²) in [5.74, 6) is -0.816. The molecule has 2 atom stereocenters. The van der Waals surface area contributed by atoms with Crippen molar-refractivity contribution in [3.63, 3.8) is 0 Å². The van der Waals surface area contributed by atoms with E-state index >= 15 is 0 Å². The molecule has 5 nitrogen and oxygen atoms in total. The lowest BCUT2D eigenvalue weighted by Crippen LogP contribution is -2.44. The van der Waals surface area contributed by atoms with Gasteiger partial charge >= 0.3 is 5.97 Å². The van der Waals surface area contributed by atoms with Crippen LogP contribution in [0.3, 0.4) is 0 Å². The number of piperidine rings is 1. The van der Waals surface area contributed by atoms with Crippen molar-refractivity contribution in [1.29, 1.82) is 0 Å². The fraction of sp³-hybridized carbons (Fsp3) is 0.923. The third-order valence-electron chi connectivity index (χ3n) is 4.13. The Morgan fingerprint density at radius 1 is 1.28 bits per heavy atom. The maximum absolute atomic E-state index is 10.8. The van der Waals surface area contributed by atoms with Gasteiger partial charge in [-0.05, 0) is 52.9 Å². The molecule has 2 fully saturated rings. The van der Waals surface area contributed by atoms with Crippen molar-refractivity contribution >= 4 is 5.97 Å². The van der Waals surface area contributed by atoms with E-state index in [0.717, 1.165) is 26.1 Å². The van der Waals surface area contributed by atoms with Crippen molar-refractivity contribution in [3.05, 3.63) is 0 Å². The van der Waals surface area contributed by atoms with E-state index in [-0.39, 0.29) is 6.10 Å². The lowest BCUT2D eigenvalue weighted by molar-refractivity contribution is -0.149. The van der Waals surface area contributed by atoms with Gasteiger partial charge in [-0.2, -0.15) is 0 Å². The molecule has 0 spiro atoms. The van der Waals surface area contributed by atoms with Crippen LogP contribution in [0.2, 0.25) is 0 Å². The van der Waals surface area contributed by atoms with E-state index in [1.165, 1.54) is 12.8 Å². The van der Waals surface area contributed by atoms with Gasteiger partial charge in [0.25, 0.3) is 0 Å². The summed E-state index contributed by atoms with van der Waals surface area (Å²) in [6, 6.07) is 0.692. The molecule has 104 valence electrons. The van der Waals surface area contributed by atoms with Crippen molar-refractivity contribution in [2.24, 2.45) is 0 Å². The van der Waals surface area contributed by atoms with Crippen LogP contribution in [0.25, 0.3) is 0 Å². The summed E-state index contributed by atoms with van der Waals surface area (Å²) in [6.07, 6.45) is 3.47. The van der Waals surface area contributed by atoms with E-state index in [1.807, 2.05) is 0 Å². The number of ether oxygens (including phenoxy) is 1. The summed E-state index contributed by atoms with van der Waals surface area (Å²) in [5.41, 5.74) is 0. The molecule has 18 heavy (non-hydrogen) atoms. The highest BCUT2D eigenvalue weighted by molar-refractivity contribution is 5.72. The van der Waals surface area contributed by atoms with Crippen LogP contribution >= 0.6 is 0 Å². The second-order valence-electron chi connectivity index (χ2n) is 5.66. The first kappa shape index (κ1) is 13.8. The van der Waals surface area contributed by atoms with Crippen molar-refractivity contribution in [2.75, 3.05) is 33.7 Å². The summed E-state index contributed by atoms with van der Waals surface area (Å²) in [5, 5.41) is 8.89. The molecule has 2 rings (SSSR count). The average Bonchev–Trinajstić information content (AvgIpc) is 2.78. The van der Waals surface area contributed by atoms with Gasteiger partial charge in [-0.1, -0.05) is 0 Å². The van der Waals surface area contributed by atoms with Crippen LogP contribution in [0, 0.1) is 0 Å². The Morgan fingerprint density at radius 2 is 1.94 bits per heavy atom. The minimum atomic E-state index is -0.816. The molecule has 2 saturated heterocycles. The highest BCUT2D eigenvalue weighted by Crippen LogP contribution is 2.22. The van der Waals surface area contributed by atoms with E-state index in [9.17, 15) is 4.79 Å². The first-order chi connectivity index (χ1) is 8.56. The number of likely N-dealkylation sites (tertiary alicyclic amines) is 1. The molecule has 2 aliphatic rings. The largest absolute Gasteiger partial charge is 0.479 e. The zero-order valence-corrected chi connectivity index (χ0v) is 11.3. The number of nitrogens with zero attached hydrogens (tertiary/aromatic N) is 2. The van der Waals surface area contributed by atoms with Gasteiger partial charge in [-0.15, -0.1) is 0 Å². The smallest absolute Gasteiger partial charge is 0.332 e. The van der Waals surface area contributed by atoms with Gasteiger partial charge in [0, 0.05) is 12.6 Å². The molecule has 1 N–H and O–H groups in total. The number of aliphatic carboxylic acids is 1. The van der Waals surface area contributed by atoms with Crippen LogP contribution in [0.15, 0.2) is 0 Å². The number of hydrogen-bond acceptors (Lipinski definition) is 4. The number of carbonyl (C=O) groups is 1. The van der Waals surface area contributed by atoms with E-state index in [2.05, 4.69) is 23.9 Å². The molecule has 2 heterocycles. The second kappa shape index (κ2) is 5.99. The minimum absolute atomic E-state index is 0.113. The SMILES string of the molecule is CN(C)C1CCN(CC2CCC(C(=O)O)O2)CC1. The monoisotopic (exact) mass is 256 g/mol. The lowest BCUT2D eigenvalue weighted by Gasteiger charge is -2.36. The highest BCUT2D eigenvalue weighted by atomic mass is 16.5. The molecule has 2 unspecified atom stereocenters. The van der Waals surface area contributed by atoms with Gasteiger partial charge in [-0.3, -0.25) is 0 Å². The van der Waals surface area contributed by atoms with E-state index in [0.29, 0.717) is 12.5 Å². The van der Waals surface area contributed by atoms with Crippen molar-refractivity contribution in [3.8, 4) is 0 Å². The summed E-state index contributed by atoms with van der Waals surface area (Å²) >= 11 is 0. The Hall–Kier alpha value is -0.650. The average molecular weight is 256 g/mol. The molecule has 2 aliphatic heterocycles. The maximum Gasteiger partial charge on any atom is 0.332 e. The third kappa shape index (κ3) is 3.43. The van der Waals surface area contributed by atoms with E-state index in [1.54, 1.807) is 0 Å². The first-order valence-corrected chi connectivity index (χ1v) is 6.83. The van der Waals surface area contributed by atoms with Gasteiger partial charge in [0.1, 0.15) is 0 Å². The zero-order chi connectivity index (χ0) is 13.1. The quantitative estimate of drug-likeness (QED) is 0.800. The molecular formula is C13H24N2O3. The topological polar surface area (TPSA) is 53.0 Å². The van der Waals surface area contributed by atoms with Crippen LogP contribution in [0.4, 0.5) is 0 Å². The molecule has 0 aromatic carbocycles. The van der Waals surface area contributed by atoms with Crippen LogP contribution in [-0.2, 0) is 9.53 Å². The summed E-state index contributed by atoms with van der Waals surface area (Å²) in [7, 11) is 4.27. The molecule has 0 aromatic heterocycles. The molecule has 0 aliphatic carbocycles. The normalized spacial score (nSPS) is 31.1. The van der Waals surface area contributed by atoms with Gasteiger partial charge < -0.3 is 19.6 Å². The van der Waals surface area contributed by atoms with Gasteiger partial charge in [0.15, 0.2) is 6.10 Å². The van der Waals surface area contributed by atoms with Gasteiger partial charge in [0.2, 0.25) is 0 Å². The summed E-state index contributed by atoms with van der Waals surface area (Å²) in [4.78, 5) is 15.5. The van der Waals surface area contributed by atoms with E-state index in [4.69, 9.17) is 9.84 Å². The first-order valence-electron chi connectivity index (χ1n) is 6.83. The Morgan fingerprint density at radius 3 is 2.44 bits per heavy atom. The summed E-state index contributed by atoms with van der Waals surface area (Å²) < 4.78 is 5.55. The maximum atomic E-state index is 10.8. The third-order valence-corrected chi connectivity index (χ3v) is 4.13. The van der Waals surface area contributed by atoms with Crippen molar-refractivity contribution in [1.82, 2.24) is 9.80 Å². The molecule has 0 aromatic rings. The standard InChI is InChI=1S/C13H24N2O3/c1-14(2)10-5-7-15(8-6-10)9-11-3-4-12(18-11)13(16)17/h10-12H,3-9H2,1-2H3,(H,16,17). The van der Waals surface area contributed by atoms with Crippen molar-refractivity contribution < 1.29 is 14.6 Å². The Kier molecular flexibility index (Phi) is 4.59. The van der Waals surface area contributed by atoms with Crippen LogP contribution < -0.4 is 0 Å². The number of carboxylic acids is 1. The minimum Gasteiger partial charge on any atom is -0.479 e. The molecule has 0 amide bonds.